The highest BCUT2D eigenvalue weighted by molar-refractivity contribution is 5.95. The third-order valence-electron chi connectivity index (χ3n) is 2.93. The van der Waals surface area contributed by atoms with Crippen molar-refractivity contribution >= 4 is 5.84 Å². The Balaban J connectivity index is 2.13. The van der Waals surface area contributed by atoms with Crippen molar-refractivity contribution in [3.63, 3.8) is 0 Å². The van der Waals surface area contributed by atoms with Gasteiger partial charge in [0.05, 0.1) is 0 Å². The Morgan fingerprint density at radius 3 is 2.55 bits per heavy atom. The summed E-state index contributed by atoms with van der Waals surface area (Å²) in [7, 11) is 0. The first kappa shape index (κ1) is 14.0. The molecule has 3 nitrogen and oxygen atoms in total. The standard InChI is InChI=1S/C15H14F2N2O/c1-9-6-12(16)4-2-11(9)8-20-14-5-3-10(15(18)19)7-13(14)17/h2-7H,8H2,1H3,(H3,18,19). The maximum atomic E-state index is 13.7. The molecule has 0 fully saturated rings. The van der Waals surface area contributed by atoms with Gasteiger partial charge in [-0.1, -0.05) is 6.07 Å². The summed E-state index contributed by atoms with van der Waals surface area (Å²) < 4.78 is 32.1. The van der Waals surface area contributed by atoms with Crippen LogP contribution in [0.5, 0.6) is 5.75 Å². The molecule has 0 aliphatic rings. The zero-order valence-electron chi connectivity index (χ0n) is 10.9. The van der Waals surface area contributed by atoms with E-state index in [1.807, 2.05) is 0 Å². The summed E-state index contributed by atoms with van der Waals surface area (Å²) in [6.07, 6.45) is 0. The molecule has 0 saturated heterocycles. The molecular weight excluding hydrogens is 262 g/mol. The molecule has 3 N–H and O–H groups in total. The van der Waals surface area contributed by atoms with E-state index in [0.717, 1.165) is 17.2 Å². The third-order valence-corrected chi connectivity index (χ3v) is 2.93. The molecule has 0 radical (unpaired) electrons. The van der Waals surface area contributed by atoms with Crippen LogP contribution in [0.1, 0.15) is 16.7 Å². The SMILES string of the molecule is Cc1cc(F)ccc1COc1ccc(C(=N)N)cc1F. The van der Waals surface area contributed by atoms with Gasteiger partial charge in [-0.3, -0.25) is 5.41 Å². The smallest absolute Gasteiger partial charge is 0.165 e. The zero-order chi connectivity index (χ0) is 14.7. The van der Waals surface area contributed by atoms with Gasteiger partial charge in [0.1, 0.15) is 18.3 Å². The van der Waals surface area contributed by atoms with E-state index in [-0.39, 0.29) is 24.0 Å². The van der Waals surface area contributed by atoms with E-state index in [1.165, 1.54) is 24.3 Å². The number of benzene rings is 2. The van der Waals surface area contributed by atoms with Gasteiger partial charge in [0.15, 0.2) is 11.6 Å². The number of ether oxygens (including phenoxy) is 1. The Bertz CT molecular complexity index is 656. The monoisotopic (exact) mass is 276 g/mol. The molecule has 0 saturated carbocycles. The first-order chi connectivity index (χ1) is 9.47. The Morgan fingerprint density at radius 2 is 1.95 bits per heavy atom. The van der Waals surface area contributed by atoms with E-state index in [1.54, 1.807) is 13.0 Å². The molecule has 0 heterocycles. The van der Waals surface area contributed by atoms with Crippen LogP contribution in [0.3, 0.4) is 0 Å². The first-order valence-corrected chi connectivity index (χ1v) is 5.99. The lowest BCUT2D eigenvalue weighted by Gasteiger charge is -2.10. The number of nitrogens with two attached hydrogens (primary N) is 1. The number of nitrogens with one attached hydrogen (secondary N) is 1. The lowest BCUT2D eigenvalue weighted by Crippen LogP contribution is -2.11. The predicted octanol–water partition coefficient (Wildman–Crippen LogP) is 3.14. The number of nitrogen functional groups attached to an aromatic ring is 1. The number of rotatable bonds is 4. The van der Waals surface area contributed by atoms with Crippen LogP contribution in [0, 0.1) is 24.0 Å². The van der Waals surface area contributed by atoms with Crippen LogP contribution in [-0.2, 0) is 6.61 Å². The van der Waals surface area contributed by atoms with Crippen molar-refractivity contribution < 1.29 is 13.5 Å². The molecule has 0 atom stereocenters. The van der Waals surface area contributed by atoms with Crippen molar-refractivity contribution in [3.05, 3.63) is 64.7 Å². The van der Waals surface area contributed by atoms with Crippen LogP contribution >= 0.6 is 0 Å². The van der Waals surface area contributed by atoms with Crippen molar-refractivity contribution in [3.8, 4) is 5.75 Å². The Hall–Kier alpha value is -2.43. The van der Waals surface area contributed by atoms with E-state index >= 15 is 0 Å². The molecule has 0 unspecified atom stereocenters. The fourth-order valence-electron chi connectivity index (χ4n) is 1.76. The van der Waals surface area contributed by atoms with Gasteiger partial charge in [-0.15, -0.1) is 0 Å². The molecular formula is C15H14F2N2O. The molecule has 0 spiro atoms. The molecule has 0 amide bonds. The summed E-state index contributed by atoms with van der Waals surface area (Å²) in [4.78, 5) is 0. The summed E-state index contributed by atoms with van der Waals surface area (Å²) in [5.74, 6) is -1.04. The number of hydrogen-bond donors (Lipinski definition) is 2. The predicted molar refractivity (Wildman–Crippen MR) is 72.9 cm³/mol. The molecule has 0 aliphatic carbocycles. The quantitative estimate of drug-likeness (QED) is 0.665. The highest BCUT2D eigenvalue weighted by Crippen LogP contribution is 2.20. The summed E-state index contributed by atoms with van der Waals surface area (Å²) >= 11 is 0. The van der Waals surface area contributed by atoms with Crippen molar-refractivity contribution in [1.29, 1.82) is 5.41 Å². The van der Waals surface area contributed by atoms with Crippen LogP contribution in [-0.4, -0.2) is 5.84 Å². The molecule has 5 heteroatoms. The maximum absolute atomic E-state index is 13.7. The third kappa shape index (κ3) is 3.12. The van der Waals surface area contributed by atoms with E-state index in [9.17, 15) is 8.78 Å². The lowest BCUT2D eigenvalue weighted by molar-refractivity contribution is 0.289. The fraction of sp³-hybridized carbons (Fsp3) is 0.133. The van der Waals surface area contributed by atoms with Crippen LogP contribution in [0.2, 0.25) is 0 Å². The molecule has 0 aromatic heterocycles. The molecule has 0 bridgehead atoms. The number of aryl methyl sites for hydroxylation is 1. The average molecular weight is 276 g/mol. The second-order valence-corrected chi connectivity index (χ2v) is 4.42. The van der Waals surface area contributed by atoms with E-state index in [4.69, 9.17) is 15.9 Å². The number of halogens is 2. The summed E-state index contributed by atoms with van der Waals surface area (Å²) in [5, 5.41) is 7.22. The highest BCUT2D eigenvalue weighted by Gasteiger charge is 2.08. The average Bonchev–Trinajstić information content (AvgIpc) is 2.38. The van der Waals surface area contributed by atoms with Gasteiger partial charge >= 0.3 is 0 Å². The molecule has 2 rings (SSSR count). The maximum Gasteiger partial charge on any atom is 0.165 e. The zero-order valence-corrected chi connectivity index (χ0v) is 10.9. The van der Waals surface area contributed by atoms with E-state index in [0.29, 0.717) is 5.56 Å². The first-order valence-electron chi connectivity index (χ1n) is 5.99. The molecule has 0 aliphatic heterocycles. The van der Waals surface area contributed by atoms with E-state index < -0.39 is 5.82 Å². The minimum atomic E-state index is -0.586. The van der Waals surface area contributed by atoms with Crippen LogP contribution in [0.4, 0.5) is 8.78 Å². The second-order valence-electron chi connectivity index (χ2n) is 4.42. The van der Waals surface area contributed by atoms with Crippen molar-refractivity contribution in [2.45, 2.75) is 13.5 Å². The molecule has 2 aromatic carbocycles. The van der Waals surface area contributed by atoms with Gasteiger partial charge < -0.3 is 10.5 Å². The van der Waals surface area contributed by atoms with Crippen LogP contribution in [0.15, 0.2) is 36.4 Å². The van der Waals surface area contributed by atoms with Crippen LogP contribution < -0.4 is 10.5 Å². The van der Waals surface area contributed by atoms with Crippen molar-refractivity contribution in [2.24, 2.45) is 5.73 Å². The molecule has 104 valence electrons. The summed E-state index contributed by atoms with van der Waals surface area (Å²) in [5.41, 5.74) is 7.09. The lowest BCUT2D eigenvalue weighted by atomic mass is 10.1. The van der Waals surface area contributed by atoms with Crippen molar-refractivity contribution in [2.75, 3.05) is 0 Å². The van der Waals surface area contributed by atoms with Gasteiger partial charge in [0, 0.05) is 5.56 Å². The van der Waals surface area contributed by atoms with Gasteiger partial charge in [0.2, 0.25) is 0 Å². The fourth-order valence-corrected chi connectivity index (χ4v) is 1.76. The number of amidine groups is 1. The van der Waals surface area contributed by atoms with Crippen molar-refractivity contribution in [1.82, 2.24) is 0 Å². The van der Waals surface area contributed by atoms with E-state index in [2.05, 4.69) is 0 Å². The molecule has 20 heavy (non-hydrogen) atoms. The van der Waals surface area contributed by atoms with Gasteiger partial charge in [-0.2, -0.15) is 0 Å². The van der Waals surface area contributed by atoms with Gasteiger partial charge in [0.25, 0.3) is 0 Å². The normalized spacial score (nSPS) is 10.3. The largest absolute Gasteiger partial charge is 0.486 e. The second kappa shape index (κ2) is 5.69. The van der Waals surface area contributed by atoms with Crippen LogP contribution in [0.25, 0.3) is 0 Å². The van der Waals surface area contributed by atoms with Gasteiger partial charge in [-0.05, 0) is 48.4 Å². The Labute approximate surface area is 115 Å². The minimum Gasteiger partial charge on any atom is -0.486 e. The Kier molecular flexibility index (Phi) is 3.98. The Morgan fingerprint density at radius 1 is 1.20 bits per heavy atom. The summed E-state index contributed by atoms with van der Waals surface area (Å²) in [6.45, 7) is 1.90. The minimum absolute atomic E-state index is 0.0683. The topological polar surface area (TPSA) is 59.1 Å². The number of hydrogen-bond acceptors (Lipinski definition) is 2. The summed E-state index contributed by atoms with van der Waals surface area (Å²) in [6, 6.07) is 8.42. The van der Waals surface area contributed by atoms with Gasteiger partial charge in [-0.25, -0.2) is 8.78 Å². The highest BCUT2D eigenvalue weighted by atomic mass is 19.1. The molecule has 2 aromatic rings.